The van der Waals surface area contributed by atoms with Gasteiger partial charge in [0, 0.05) is 11.6 Å². The maximum Gasteiger partial charge on any atom is 0.254 e. The van der Waals surface area contributed by atoms with E-state index in [1.54, 1.807) is 12.3 Å². The van der Waals surface area contributed by atoms with Crippen molar-refractivity contribution in [2.45, 2.75) is 19.4 Å². The SMILES string of the molecule is CCC(NC(=O)c1ccc(Cl)nc1Cl)c1nccs1. The second-order valence-corrected chi connectivity index (χ2v) is 5.45. The van der Waals surface area contributed by atoms with E-state index in [1.807, 2.05) is 12.3 Å². The van der Waals surface area contributed by atoms with E-state index in [4.69, 9.17) is 23.2 Å². The average Bonchev–Trinajstić information content (AvgIpc) is 2.89. The summed E-state index contributed by atoms with van der Waals surface area (Å²) in [6.45, 7) is 1.98. The molecule has 2 aromatic heterocycles. The number of carbonyl (C=O) groups is 1. The summed E-state index contributed by atoms with van der Waals surface area (Å²) in [5, 5.41) is 5.99. The summed E-state index contributed by atoms with van der Waals surface area (Å²) in [7, 11) is 0. The molecule has 19 heavy (non-hydrogen) atoms. The second-order valence-electron chi connectivity index (χ2n) is 3.78. The number of nitrogens with zero attached hydrogens (tertiary/aromatic N) is 2. The molecule has 0 aliphatic rings. The molecule has 0 saturated carbocycles. The Kier molecular flexibility index (Phi) is 4.74. The molecule has 0 aliphatic carbocycles. The molecule has 1 amide bonds. The molecule has 100 valence electrons. The molecule has 0 aromatic carbocycles. The minimum absolute atomic E-state index is 0.0963. The lowest BCUT2D eigenvalue weighted by Crippen LogP contribution is -2.28. The molecule has 1 N–H and O–H groups in total. The van der Waals surface area contributed by atoms with Gasteiger partial charge in [-0.15, -0.1) is 11.3 Å². The molecule has 0 spiro atoms. The normalized spacial score (nSPS) is 12.2. The number of amides is 1. The van der Waals surface area contributed by atoms with E-state index >= 15 is 0 Å². The zero-order valence-corrected chi connectivity index (χ0v) is 12.4. The number of nitrogens with one attached hydrogen (secondary N) is 1. The minimum atomic E-state index is -0.281. The van der Waals surface area contributed by atoms with Crippen LogP contribution in [0, 0.1) is 0 Å². The monoisotopic (exact) mass is 315 g/mol. The first-order chi connectivity index (χ1) is 9.11. The summed E-state index contributed by atoms with van der Waals surface area (Å²) in [4.78, 5) is 20.2. The Morgan fingerprint density at radius 2 is 2.26 bits per heavy atom. The van der Waals surface area contributed by atoms with Crippen LogP contribution < -0.4 is 5.32 Å². The van der Waals surface area contributed by atoms with Crippen molar-refractivity contribution in [3.8, 4) is 0 Å². The zero-order chi connectivity index (χ0) is 13.8. The average molecular weight is 316 g/mol. The number of rotatable bonds is 4. The van der Waals surface area contributed by atoms with Crippen LogP contribution in [0.4, 0.5) is 0 Å². The van der Waals surface area contributed by atoms with Crippen molar-refractivity contribution >= 4 is 40.4 Å². The molecule has 2 aromatic rings. The van der Waals surface area contributed by atoms with Gasteiger partial charge >= 0.3 is 0 Å². The standard InChI is InChI=1S/C12H11Cl2N3OS/c1-2-8(12-15-5-6-19-12)16-11(18)7-3-4-9(13)17-10(7)14/h3-6,8H,2H2,1H3,(H,16,18). The Hall–Kier alpha value is -1.17. The molecule has 0 saturated heterocycles. The lowest BCUT2D eigenvalue weighted by molar-refractivity contribution is 0.0935. The third-order valence-electron chi connectivity index (χ3n) is 2.52. The van der Waals surface area contributed by atoms with Crippen LogP contribution >= 0.6 is 34.5 Å². The molecule has 0 fully saturated rings. The highest BCUT2D eigenvalue weighted by Crippen LogP contribution is 2.21. The topological polar surface area (TPSA) is 54.9 Å². The molecule has 4 nitrogen and oxygen atoms in total. The van der Waals surface area contributed by atoms with Gasteiger partial charge in [0.15, 0.2) is 0 Å². The Morgan fingerprint density at radius 3 is 2.84 bits per heavy atom. The first kappa shape index (κ1) is 14.2. The summed E-state index contributed by atoms with van der Waals surface area (Å²) in [5.74, 6) is -0.281. The fraction of sp³-hybridized carbons (Fsp3) is 0.250. The van der Waals surface area contributed by atoms with Gasteiger partial charge in [-0.3, -0.25) is 4.79 Å². The van der Waals surface area contributed by atoms with Gasteiger partial charge in [-0.05, 0) is 18.6 Å². The van der Waals surface area contributed by atoms with Gasteiger partial charge in [0.2, 0.25) is 0 Å². The maximum atomic E-state index is 12.1. The number of carbonyl (C=O) groups excluding carboxylic acids is 1. The molecule has 2 heterocycles. The fourth-order valence-electron chi connectivity index (χ4n) is 1.56. The number of hydrogen-bond acceptors (Lipinski definition) is 4. The second kappa shape index (κ2) is 6.32. The van der Waals surface area contributed by atoms with Crippen molar-refractivity contribution in [2.24, 2.45) is 0 Å². The first-order valence-electron chi connectivity index (χ1n) is 5.64. The summed E-state index contributed by atoms with van der Waals surface area (Å²) >= 11 is 13.1. The molecular weight excluding hydrogens is 305 g/mol. The van der Waals surface area contributed by atoms with Crippen molar-refractivity contribution in [1.82, 2.24) is 15.3 Å². The van der Waals surface area contributed by atoms with Gasteiger partial charge < -0.3 is 5.32 Å². The van der Waals surface area contributed by atoms with Crippen LogP contribution in [0.3, 0.4) is 0 Å². The quantitative estimate of drug-likeness (QED) is 0.875. The maximum absolute atomic E-state index is 12.1. The van der Waals surface area contributed by atoms with Crippen molar-refractivity contribution in [3.63, 3.8) is 0 Å². The summed E-state index contributed by atoms with van der Waals surface area (Å²) < 4.78 is 0. The van der Waals surface area contributed by atoms with E-state index in [-0.39, 0.29) is 22.3 Å². The van der Waals surface area contributed by atoms with Gasteiger partial charge in [0.1, 0.15) is 15.3 Å². The Balaban J connectivity index is 2.16. The first-order valence-corrected chi connectivity index (χ1v) is 7.27. The van der Waals surface area contributed by atoms with Crippen molar-refractivity contribution in [1.29, 1.82) is 0 Å². The van der Waals surface area contributed by atoms with E-state index in [9.17, 15) is 4.79 Å². The van der Waals surface area contributed by atoms with Gasteiger partial charge in [-0.1, -0.05) is 30.1 Å². The zero-order valence-electron chi connectivity index (χ0n) is 10.1. The van der Waals surface area contributed by atoms with Gasteiger partial charge in [-0.2, -0.15) is 0 Å². The Morgan fingerprint density at radius 1 is 1.47 bits per heavy atom. The van der Waals surface area contributed by atoms with Crippen molar-refractivity contribution in [2.75, 3.05) is 0 Å². The summed E-state index contributed by atoms with van der Waals surface area (Å²) in [6, 6.07) is 2.97. The highest BCUT2D eigenvalue weighted by molar-refractivity contribution is 7.09. The number of thiazole rings is 1. The van der Waals surface area contributed by atoms with E-state index in [1.165, 1.54) is 17.4 Å². The van der Waals surface area contributed by atoms with Gasteiger partial charge in [0.05, 0.1) is 11.6 Å². The van der Waals surface area contributed by atoms with Crippen LogP contribution in [-0.4, -0.2) is 15.9 Å². The summed E-state index contributed by atoms with van der Waals surface area (Å²) in [6.07, 6.45) is 2.46. The Bertz CT molecular complexity index is 574. The molecule has 1 unspecified atom stereocenters. The number of halogens is 2. The van der Waals surface area contributed by atoms with Crippen molar-refractivity contribution < 1.29 is 4.79 Å². The molecule has 0 aliphatic heterocycles. The van der Waals surface area contributed by atoms with Crippen LogP contribution in [0.2, 0.25) is 10.3 Å². The lowest BCUT2D eigenvalue weighted by Gasteiger charge is -2.14. The molecule has 2 rings (SSSR count). The van der Waals surface area contributed by atoms with Crippen LogP contribution in [0.5, 0.6) is 0 Å². The molecular formula is C12H11Cl2N3OS. The minimum Gasteiger partial charge on any atom is -0.343 e. The van der Waals surface area contributed by atoms with Crippen LogP contribution in [-0.2, 0) is 0 Å². The number of hydrogen-bond donors (Lipinski definition) is 1. The highest BCUT2D eigenvalue weighted by Gasteiger charge is 2.18. The van der Waals surface area contributed by atoms with E-state index in [0.29, 0.717) is 5.56 Å². The molecule has 1 atom stereocenters. The molecule has 7 heteroatoms. The predicted molar refractivity (Wildman–Crippen MR) is 76.9 cm³/mol. The van der Waals surface area contributed by atoms with Crippen LogP contribution in [0.15, 0.2) is 23.7 Å². The molecule has 0 bridgehead atoms. The van der Waals surface area contributed by atoms with Crippen LogP contribution in [0.25, 0.3) is 0 Å². The number of pyridine rings is 1. The van der Waals surface area contributed by atoms with E-state index in [2.05, 4.69) is 15.3 Å². The van der Waals surface area contributed by atoms with Gasteiger partial charge in [0.25, 0.3) is 5.91 Å². The highest BCUT2D eigenvalue weighted by atomic mass is 35.5. The van der Waals surface area contributed by atoms with E-state index in [0.717, 1.165) is 11.4 Å². The number of aromatic nitrogens is 2. The Labute approximate surface area is 124 Å². The molecule has 0 radical (unpaired) electrons. The van der Waals surface area contributed by atoms with E-state index < -0.39 is 0 Å². The van der Waals surface area contributed by atoms with Gasteiger partial charge in [-0.25, -0.2) is 9.97 Å². The summed E-state index contributed by atoms with van der Waals surface area (Å²) in [5.41, 5.74) is 0.307. The third-order valence-corrected chi connectivity index (χ3v) is 3.91. The van der Waals surface area contributed by atoms with Crippen LogP contribution in [0.1, 0.15) is 34.8 Å². The lowest BCUT2D eigenvalue weighted by atomic mass is 10.2. The largest absolute Gasteiger partial charge is 0.343 e. The fourth-order valence-corrected chi connectivity index (χ4v) is 2.77. The van der Waals surface area contributed by atoms with Crippen molar-refractivity contribution in [3.05, 3.63) is 44.6 Å². The third kappa shape index (κ3) is 3.43. The smallest absolute Gasteiger partial charge is 0.254 e. The predicted octanol–water partition coefficient (Wildman–Crippen LogP) is 3.73.